The van der Waals surface area contributed by atoms with Gasteiger partial charge < -0.3 is 9.72 Å². The van der Waals surface area contributed by atoms with Gasteiger partial charge in [0.05, 0.1) is 6.10 Å². The number of Topliss-reactive ketones (excluding diaryl/α,β-unsaturated/α-hetero) is 1. The van der Waals surface area contributed by atoms with Crippen molar-refractivity contribution >= 4 is 32.6 Å². The van der Waals surface area contributed by atoms with Gasteiger partial charge >= 0.3 is 0 Å². The zero-order valence-electron chi connectivity index (χ0n) is 10.1. The van der Waals surface area contributed by atoms with Crippen LogP contribution in [0, 0.1) is 0 Å². The zero-order chi connectivity index (χ0) is 12.7. The number of aromatic amines is 1. The summed E-state index contributed by atoms with van der Waals surface area (Å²) in [7, 11) is 0. The minimum absolute atomic E-state index is 0.0810. The molecule has 3 rings (SSSR count). The van der Waals surface area contributed by atoms with Crippen LogP contribution >= 0.6 is 15.9 Å². The number of rotatable bonds is 2. The second kappa shape index (κ2) is 4.52. The van der Waals surface area contributed by atoms with Gasteiger partial charge in [0.25, 0.3) is 0 Å². The van der Waals surface area contributed by atoms with Gasteiger partial charge in [-0.25, -0.2) is 0 Å². The van der Waals surface area contributed by atoms with Gasteiger partial charge in [-0.3, -0.25) is 4.79 Å². The molecule has 2 aromatic rings. The van der Waals surface area contributed by atoms with E-state index in [0.717, 1.165) is 33.8 Å². The summed E-state index contributed by atoms with van der Waals surface area (Å²) in [5.41, 5.74) is 1.69. The number of hydrogen-bond acceptors (Lipinski definition) is 2. The SMILES string of the molecule is CC1CCC(C(=O)c2c[nH]c3cccc(Br)c23)O1. The molecule has 2 unspecified atom stereocenters. The lowest BCUT2D eigenvalue weighted by atomic mass is 10.0. The Labute approximate surface area is 114 Å². The van der Waals surface area contributed by atoms with Crippen LogP contribution in [-0.2, 0) is 4.74 Å². The fourth-order valence-corrected chi connectivity index (χ4v) is 3.08. The maximum absolute atomic E-state index is 12.5. The second-order valence-corrected chi connectivity index (χ2v) is 5.60. The van der Waals surface area contributed by atoms with E-state index in [0.29, 0.717) is 0 Å². The monoisotopic (exact) mass is 307 g/mol. The number of fused-ring (bicyclic) bond motifs is 1. The van der Waals surface area contributed by atoms with Crippen molar-refractivity contribution in [3.8, 4) is 0 Å². The van der Waals surface area contributed by atoms with Gasteiger partial charge in [0.1, 0.15) is 6.10 Å². The third-order valence-electron chi connectivity index (χ3n) is 3.44. The smallest absolute Gasteiger partial charge is 0.193 e. The molecular formula is C14H14BrNO2. The number of ketones is 1. The Hall–Kier alpha value is -1.13. The highest BCUT2D eigenvalue weighted by Gasteiger charge is 2.30. The van der Waals surface area contributed by atoms with Crippen LogP contribution in [0.25, 0.3) is 10.9 Å². The lowest BCUT2D eigenvalue weighted by Gasteiger charge is -2.09. The summed E-state index contributed by atoms with van der Waals surface area (Å²) in [6.45, 7) is 2.01. The summed E-state index contributed by atoms with van der Waals surface area (Å²) in [6, 6.07) is 5.87. The van der Waals surface area contributed by atoms with Gasteiger partial charge in [-0.05, 0) is 31.9 Å². The van der Waals surface area contributed by atoms with Crippen molar-refractivity contribution in [3.63, 3.8) is 0 Å². The van der Waals surface area contributed by atoms with Crippen LogP contribution in [0.4, 0.5) is 0 Å². The maximum atomic E-state index is 12.5. The normalized spacial score (nSPS) is 23.7. The molecule has 18 heavy (non-hydrogen) atoms. The number of hydrogen-bond donors (Lipinski definition) is 1. The fourth-order valence-electron chi connectivity index (χ4n) is 2.50. The van der Waals surface area contributed by atoms with Crippen LogP contribution < -0.4 is 0 Å². The first-order chi connectivity index (χ1) is 8.66. The third-order valence-corrected chi connectivity index (χ3v) is 4.11. The molecule has 1 fully saturated rings. The molecule has 1 aromatic carbocycles. The molecule has 0 amide bonds. The highest BCUT2D eigenvalue weighted by atomic mass is 79.9. The number of ether oxygens (including phenoxy) is 1. The third kappa shape index (κ3) is 1.89. The molecule has 3 nitrogen and oxygen atoms in total. The number of nitrogens with one attached hydrogen (secondary N) is 1. The standard InChI is InChI=1S/C14H14BrNO2/c1-8-5-6-12(18-8)14(17)9-7-16-11-4-2-3-10(15)13(9)11/h2-4,7-8,12,16H,5-6H2,1H3. The van der Waals surface area contributed by atoms with Crippen molar-refractivity contribution in [3.05, 3.63) is 34.4 Å². The van der Waals surface area contributed by atoms with E-state index in [4.69, 9.17) is 4.74 Å². The summed E-state index contributed by atoms with van der Waals surface area (Å²) in [6.07, 6.45) is 3.46. The molecule has 0 spiro atoms. The van der Waals surface area contributed by atoms with Crippen molar-refractivity contribution in [2.45, 2.75) is 32.0 Å². The van der Waals surface area contributed by atoms with Crippen molar-refractivity contribution < 1.29 is 9.53 Å². The molecule has 2 atom stereocenters. The number of benzene rings is 1. The molecule has 1 aliphatic heterocycles. The van der Waals surface area contributed by atoms with Gasteiger partial charge in [0.15, 0.2) is 5.78 Å². The van der Waals surface area contributed by atoms with Crippen LogP contribution in [0.5, 0.6) is 0 Å². The van der Waals surface area contributed by atoms with E-state index in [1.807, 2.05) is 25.1 Å². The summed E-state index contributed by atoms with van der Waals surface area (Å²) >= 11 is 3.50. The largest absolute Gasteiger partial charge is 0.367 e. The molecule has 0 aliphatic carbocycles. The Balaban J connectivity index is 2.02. The van der Waals surface area contributed by atoms with E-state index in [1.54, 1.807) is 6.20 Å². The van der Waals surface area contributed by atoms with E-state index in [9.17, 15) is 4.79 Å². The first-order valence-corrected chi connectivity index (χ1v) is 6.91. The molecule has 4 heteroatoms. The van der Waals surface area contributed by atoms with E-state index in [1.165, 1.54) is 0 Å². The molecule has 94 valence electrons. The van der Waals surface area contributed by atoms with Gasteiger partial charge in [-0.1, -0.05) is 22.0 Å². The van der Waals surface area contributed by atoms with E-state index in [-0.39, 0.29) is 18.0 Å². The number of carbonyl (C=O) groups excluding carboxylic acids is 1. The van der Waals surface area contributed by atoms with Gasteiger partial charge in [-0.15, -0.1) is 0 Å². The quantitative estimate of drug-likeness (QED) is 0.860. The molecule has 1 aromatic heterocycles. The molecule has 1 saturated heterocycles. The number of halogens is 1. The lowest BCUT2D eigenvalue weighted by molar-refractivity contribution is 0.0435. The summed E-state index contributed by atoms with van der Waals surface area (Å²) in [5.74, 6) is 0.0810. The minimum atomic E-state index is -0.286. The Kier molecular flexibility index (Phi) is 2.99. The van der Waals surface area contributed by atoms with Crippen LogP contribution in [0.1, 0.15) is 30.1 Å². The van der Waals surface area contributed by atoms with E-state index < -0.39 is 0 Å². The van der Waals surface area contributed by atoms with Gasteiger partial charge in [0, 0.05) is 27.1 Å². The second-order valence-electron chi connectivity index (χ2n) is 4.74. The predicted octanol–water partition coefficient (Wildman–Crippen LogP) is 3.68. The van der Waals surface area contributed by atoms with Crippen molar-refractivity contribution in [1.82, 2.24) is 4.98 Å². The summed E-state index contributed by atoms with van der Waals surface area (Å²) < 4.78 is 6.60. The van der Waals surface area contributed by atoms with Gasteiger partial charge in [-0.2, -0.15) is 0 Å². The summed E-state index contributed by atoms with van der Waals surface area (Å²) in [5, 5.41) is 0.950. The van der Waals surface area contributed by atoms with Gasteiger partial charge in [0.2, 0.25) is 0 Å². The molecule has 1 aliphatic rings. The number of carbonyl (C=O) groups is 1. The highest BCUT2D eigenvalue weighted by molar-refractivity contribution is 9.10. The summed E-state index contributed by atoms with van der Waals surface area (Å²) in [4.78, 5) is 15.6. The topological polar surface area (TPSA) is 42.1 Å². The first kappa shape index (κ1) is 11.9. The van der Waals surface area contributed by atoms with Crippen LogP contribution in [0.15, 0.2) is 28.9 Å². The minimum Gasteiger partial charge on any atom is -0.367 e. The molecule has 0 saturated carbocycles. The molecule has 2 heterocycles. The fraction of sp³-hybridized carbons (Fsp3) is 0.357. The molecule has 1 N–H and O–H groups in total. The van der Waals surface area contributed by atoms with Crippen LogP contribution in [0.2, 0.25) is 0 Å². The Morgan fingerprint density at radius 1 is 1.44 bits per heavy atom. The average Bonchev–Trinajstić information content (AvgIpc) is 2.95. The number of H-pyrrole nitrogens is 1. The maximum Gasteiger partial charge on any atom is 0.193 e. The zero-order valence-corrected chi connectivity index (χ0v) is 11.7. The van der Waals surface area contributed by atoms with E-state index in [2.05, 4.69) is 20.9 Å². The van der Waals surface area contributed by atoms with Crippen molar-refractivity contribution in [2.24, 2.45) is 0 Å². The van der Waals surface area contributed by atoms with Crippen molar-refractivity contribution in [2.75, 3.05) is 0 Å². The predicted molar refractivity (Wildman–Crippen MR) is 73.9 cm³/mol. The van der Waals surface area contributed by atoms with Crippen LogP contribution in [-0.4, -0.2) is 23.0 Å². The Morgan fingerprint density at radius 3 is 3.00 bits per heavy atom. The molecule has 0 radical (unpaired) electrons. The molecular weight excluding hydrogens is 294 g/mol. The number of aromatic nitrogens is 1. The Morgan fingerprint density at radius 2 is 2.28 bits per heavy atom. The van der Waals surface area contributed by atoms with E-state index >= 15 is 0 Å². The van der Waals surface area contributed by atoms with Crippen molar-refractivity contribution in [1.29, 1.82) is 0 Å². The highest BCUT2D eigenvalue weighted by Crippen LogP contribution is 2.30. The first-order valence-electron chi connectivity index (χ1n) is 6.12. The lowest BCUT2D eigenvalue weighted by Crippen LogP contribution is -2.20. The Bertz CT molecular complexity index is 605. The average molecular weight is 308 g/mol. The van der Waals surface area contributed by atoms with Crippen LogP contribution in [0.3, 0.4) is 0 Å². The molecule has 0 bridgehead atoms.